The zero-order valence-corrected chi connectivity index (χ0v) is 17.3. The molecule has 0 bridgehead atoms. The third-order valence-corrected chi connectivity index (χ3v) is 5.81. The molecule has 0 saturated carbocycles. The van der Waals surface area contributed by atoms with Crippen LogP contribution in [0.2, 0.25) is 0 Å². The van der Waals surface area contributed by atoms with Crippen molar-refractivity contribution in [3.8, 4) is 5.75 Å². The molecule has 146 valence electrons. The molecule has 0 spiro atoms. The molecule has 27 heavy (non-hydrogen) atoms. The Balaban J connectivity index is 0.00000261. The lowest BCUT2D eigenvalue weighted by molar-refractivity contribution is -0.126. The molecule has 5 nitrogen and oxygen atoms in total. The normalized spacial score (nSPS) is 19.3. The van der Waals surface area contributed by atoms with Crippen LogP contribution in [0.4, 0.5) is 5.69 Å². The van der Waals surface area contributed by atoms with E-state index in [9.17, 15) is 9.90 Å². The van der Waals surface area contributed by atoms with Crippen LogP contribution in [0.15, 0.2) is 53.4 Å². The fraction of sp³-hybridized carbons (Fsp3) is 0.350. The number of halogens is 1. The van der Waals surface area contributed by atoms with Crippen LogP contribution in [0.25, 0.3) is 0 Å². The number of aliphatic hydroxyl groups excluding tert-OH is 1. The number of rotatable bonds is 5. The summed E-state index contributed by atoms with van der Waals surface area (Å²) in [4.78, 5) is 17.8. The molecule has 0 saturated heterocycles. The molecule has 1 heterocycles. The zero-order valence-electron chi connectivity index (χ0n) is 15.7. The molecule has 1 aliphatic heterocycles. The van der Waals surface area contributed by atoms with Gasteiger partial charge in [-0.25, -0.2) is 0 Å². The number of ether oxygens (including phenoxy) is 1. The average molecular weight is 409 g/mol. The highest BCUT2D eigenvalue weighted by Crippen LogP contribution is 2.45. The Bertz CT molecular complexity index is 770. The Morgan fingerprint density at radius 2 is 1.81 bits per heavy atom. The highest BCUT2D eigenvalue weighted by Gasteiger charge is 2.37. The summed E-state index contributed by atoms with van der Waals surface area (Å²) in [6.07, 6.45) is -1.11. The second-order valence-corrected chi connectivity index (χ2v) is 7.70. The molecule has 1 aliphatic rings. The number of aliphatic hydroxyl groups is 1. The number of hydrogen-bond acceptors (Lipinski definition) is 5. The van der Waals surface area contributed by atoms with E-state index in [1.807, 2.05) is 67.5 Å². The van der Waals surface area contributed by atoms with Crippen LogP contribution in [0.1, 0.15) is 10.8 Å². The van der Waals surface area contributed by atoms with Gasteiger partial charge >= 0.3 is 0 Å². The summed E-state index contributed by atoms with van der Waals surface area (Å²) in [6.45, 7) is 1.26. The van der Waals surface area contributed by atoms with E-state index in [2.05, 4.69) is 0 Å². The van der Waals surface area contributed by atoms with Gasteiger partial charge in [-0.3, -0.25) is 4.79 Å². The second kappa shape index (κ2) is 9.46. The summed E-state index contributed by atoms with van der Waals surface area (Å²) in [5, 5.41) is 10.5. The summed E-state index contributed by atoms with van der Waals surface area (Å²) >= 11 is 1.53. The van der Waals surface area contributed by atoms with Crippen molar-refractivity contribution >= 4 is 35.8 Å². The third kappa shape index (κ3) is 4.76. The zero-order chi connectivity index (χ0) is 18.7. The van der Waals surface area contributed by atoms with Crippen LogP contribution in [0.5, 0.6) is 5.75 Å². The highest BCUT2D eigenvalue weighted by molar-refractivity contribution is 7.99. The third-order valence-electron chi connectivity index (χ3n) is 4.43. The van der Waals surface area contributed by atoms with Gasteiger partial charge in [0.1, 0.15) is 11.9 Å². The molecule has 0 radical (unpaired) electrons. The van der Waals surface area contributed by atoms with Gasteiger partial charge < -0.3 is 19.6 Å². The lowest BCUT2D eigenvalue weighted by atomic mass is 10.1. The van der Waals surface area contributed by atoms with E-state index < -0.39 is 6.10 Å². The molecule has 0 aromatic heterocycles. The second-order valence-electron chi connectivity index (χ2n) is 6.52. The number of fused-ring (bicyclic) bond motifs is 1. The molecule has 2 atom stereocenters. The summed E-state index contributed by atoms with van der Waals surface area (Å²) in [5.74, 6) is 0.492. The average Bonchev–Trinajstić information content (AvgIpc) is 2.76. The molecule has 0 aliphatic carbocycles. The van der Waals surface area contributed by atoms with Crippen molar-refractivity contribution in [1.29, 1.82) is 0 Å². The van der Waals surface area contributed by atoms with E-state index in [-0.39, 0.29) is 23.6 Å². The van der Waals surface area contributed by atoms with E-state index in [1.54, 1.807) is 12.0 Å². The fourth-order valence-corrected chi connectivity index (χ4v) is 4.23. The smallest absolute Gasteiger partial charge is 0.257 e. The molecule has 0 unspecified atom stereocenters. The number of carbonyl (C=O) groups excluding carboxylic acids is 1. The van der Waals surface area contributed by atoms with Gasteiger partial charge in [-0.15, -0.1) is 24.2 Å². The molecule has 2 aromatic rings. The molecular formula is C20H25ClN2O3S. The number of amides is 1. The van der Waals surface area contributed by atoms with Crippen molar-refractivity contribution in [3.63, 3.8) is 0 Å². The monoisotopic (exact) mass is 408 g/mol. The lowest BCUT2D eigenvalue weighted by Crippen LogP contribution is -2.43. The van der Waals surface area contributed by atoms with Crippen LogP contribution < -0.4 is 9.64 Å². The molecule has 3 rings (SSSR count). The number of para-hydroxylation sites is 1. The number of benzene rings is 2. The first-order valence-corrected chi connectivity index (χ1v) is 9.43. The Morgan fingerprint density at radius 3 is 2.44 bits per heavy atom. The highest BCUT2D eigenvalue weighted by atomic mass is 35.5. The van der Waals surface area contributed by atoms with Gasteiger partial charge in [0.05, 0.1) is 18.0 Å². The van der Waals surface area contributed by atoms with Crippen LogP contribution in [-0.4, -0.2) is 56.3 Å². The fourth-order valence-electron chi connectivity index (χ4n) is 2.96. The Kier molecular flexibility index (Phi) is 7.56. The predicted octanol–water partition coefficient (Wildman–Crippen LogP) is 3.22. The van der Waals surface area contributed by atoms with Crippen molar-refractivity contribution in [1.82, 2.24) is 4.90 Å². The molecule has 0 fully saturated rings. The number of likely N-dealkylation sites (N-methyl/N-ethyl adjacent to an activating group) is 1. The van der Waals surface area contributed by atoms with E-state index in [0.717, 1.165) is 28.4 Å². The van der Waals surface area contributed by atoms with E-state index >= 15 is 0 Å². The summed E-state index contributed by atoms with van der Waals surface area (Å²) in [7, 11) is 5.56. The van der Waals surface area contributed by atoms with Crippen molar-refractivity contribution in [3.05, 3.63) is 54.1 Å². The maximum Gasteiger partial charge on any atom is 0.257 e. The Morgan fingerprint density at radius 1 is 1.15 bits per heavy atom. The minimum absolute atomic E-state index is 0. The predicted molar refractivity (Wildman–Crippen MR) is 112 cm³/mol. The lowest BCUT2D eigenvalue weighted by Gasteiger charge is -2.26. The van der Waals surface area contributed by atoms with Crippen molar-refractivity contribution < 1.29 is 14.6 Å². The summed E-state index contributed by atoms with van der Waals surface area (Å²) in [5.41, 5.74) is 1.76. The first-order valence-electron chi connectivity index (χ1n) is 8.55. The minimum atomic E-state index is -1.11. The Hall–Kier alpha value is -1.73. The van der Waals surface area contributed by atoms with Gasteiger partial charge in [0, 0.05) is 18.0 Å². The van der Waals surface area contributed by atoms with Gasteiger partial charge in [0.25, 0.3) is 5.91 Å². The quantitative estimate of drug-likeness (QED) is 0.823. The van der Waals surface area contributed by atoms with Crippen molar-refractivity contribution in [2.45, 2.75) is 16.2 Å². The van der Waals surface area contributed by atoms with Crippen molar-refractivity contribution in [2.75, 3.05) is 39.2 Å². The number of nitrogens with zero attached hydrogens (tertiary/aromatic N) is 2. The van der Waals surface area contributed by atoms with Gasteiger partial charge in [0.2, 0.25) is 0 Å². The maximum atomic E-state index is 13.0. The van der Waals surface area contributed by atoms with Crippen LogP contribution in [0.3, 0.4) is 0 Å². The molecule has 7 heteroatoms. The van der Waals surface area contributed by atoms with Crippen LogP contribution in [-0.2, 0) is 4.79 Å². The number of methoxy groups -OCH3 is 1. The number of hydrogen-bond donors (Lipinski definition) is 1. The Labute approximate surface area is 170 Å². The standard InChI is InChI=1S/C20H24N2O3S.ClH/c1-21(2)12-13-22-16-6-4-5-7-17(16)26-19(18(23)20(22)24)14-8-10-15(25-3)11-9-14;/h4-11,18-19,23H,12-13H2,1-3H3;1H/t18-,19+;/m0./s1. The van der Waals surface area contributed by atoms with Gasteiger partial charge in [-0.2, -0.15) is 0 Å². The molecule has 2 aromatic carbocycles. The van der Waals surface area contributed by atoms with Gasteiger partial charge in [0.15, 0.2) is 0 Å². The maximum absolute atomic E-state index is 13.0. The largest absolute Gasteiger partial charge is 0.497 e. The number of carbonyl (C=O) groups is 1. The SMILES string of the molecule is COc1ccc([C@H]2Sc3ccccc3N(CCN(C)C)C(=O)[C@H]2O)cc1.Cl. The molecule has 1 amide bonds. The first kappa shape index (κ1) is 21.6. The van der Waals surface area contributed by atoms with E-state index in [1.165, 1.54) is 11.8 Å². The molecule has 1 N–H and O–H groups in total. The number of anilines is 1. The van der Waals surface area contributed by atoms with Crippen LogP contribution in [0, 0.1) is 0 Å². The summed E-state index contributed by atoms with van der Waals surface area (Å²) in [6, 6.07) is 15.4. The van der Waals surface area contributed by atoms with Gasteiger partial charge in [-0.1, -0.05) is 24.3 Å². The first-order chi connectivity index (χ1) is 12.5. The van der Waals surface area contributed by atoms with Crippen molar-refractivity contribution in [2.24, 2.45) is 0 Å². The van der Waals surface area contributed by atoms with Crippen LogP contribution >= 0.6 is 24.2 Å². The van der Waals surface area contributed by atoms with E-state index in [0.29, 0.717) is 6.54 Å². The number of thioether (sulfide) groups is 1. The van der Waals surface area contributed by atoms with E-state index in [4.69, 9.17) is 4.74 Å². The summed E-state index contributed by atoms with van der Waals surface area (Å²) < 4.78 is 5.21. The topological polar surface area (TPSA) is 53.0 Å². The molecular weight excluding hydrogens is 384 g/mol. The van der Waals surface area contributed by atoms with Gasteiger partial charge in [-0.05, 0) is 43.9 Å². The minimum Gasteiger partial charge on any atom is -0.497 e.